The molecule has 1 aromatic carbocycles. The molecule has 0 aliphatic carbocycles. The molecule has 1 unspecified atom stereocenters. The van der Waals surface area contributed by atoms with E-state index in [4.69, 9.17) is 11.6 Å². The average Bonchev–Trinajstić information content (AvgIpc) is 2.66. The van der Waals surface area contributed by atoms with Gasteiger partial charge in [-0.2, -0.15) is 0 Å². The van der Waals surface area contributed by atoms with Gasteiger partial charge >= 0.3 is 0 Å². The Bertz CT molecular complexity index is 548. The Hall–Kier alpha value is -0.910. The number of nitrogens with zero attached hydrogens (tertiary/aromatic N) is 3. The third-order valence-corrected chi connectivity index (χ3v) is 3.89. The predicted octanol–water partition coefficient (Wildman–Crippen LogP) is 2.85. The Kier molecular flexibility index (Phi) is 4.04. The molecule has 0 fully saturated rings. The van der Waals surface area contributed by atoms with Crippen LogP contribution in [0.5, 0.6) is 0 Å². The summed E-state index contributed by atoms with van der Waals surface area (Å²) in [6.07, 6.45) is 0. The van der Waals surface area contributed by atoms with E-state index in [1.165, 1.54) is 0 Å². The molecule has 96 valence electrons. The van der Waals surface area contributed by atoms with E-state index >= 15 is 0 Å². The molecule has 0 saturated carbocycles. The van der Waals surface area contributed by atoms with E-state index in [0.29, 0.717) is 0 Å². The Morgan fingerprint density at radius 1 is 1.44 bits per heavy atom. The van der Waals surface area contributed by atoms with Crippen molar-refractivity contribution in [3.8, 4) is 0 Å². The van der Waals surface area contributed by atoms with Gasteiger partial charge in [-0.15, -0.1) is 5.10 Å². The Morgan fingerprint density at radius 2 is 2.17 bits per heavy atom. The van der Waals surface area contributed by atoms with Crippen molar-refractivity contribution in [1.29, 1.82) is 0 Å². The largest absolute Gasteiger partial charge is 0.308 e. The molecule has 0 bridgehead atoms. The molecule has 1 atom stereocenters. The molecule has 0 spiro atoms. The molecule has 18 heavy (non-hydrogen) atoms. The summed E-state index contributed by atoms with van der Waals surface area (Å²) >= 11 is 9.48. The zero-order chi connectivity index (χ0) is 13.3. The summed E-state index contributed by atoms with van der Waals surface area (Å²) < 4.78 is 2.51. The highest BCUT2D eigenvalue weighted by Gasteiger charge is 2.20. The minimum Gasteiger partial charge on any atom is -0.308 e. The van der Waals surface area contributed by atoms with E-state index < -0.39 is 0 Å². The first kappa shape index (κ1) is 13.5. The summed E-state index contributed by atoms with van der Waals surface area (Å²) in [4.78, 5) is 0. The van der Waals surface area contributed by atoms with Crippen molar-refractivity contribution < 1.29 is 0 Å². The van der Waals surface area contributed by atoms with Crippen molar-refractivity contribution in [3.05, 3.63) is 44.6 Å². The van der Waals surface area contributed by atoms with Crippen LogP contribution < -0.4 is 5.32 Å². The fraction of sp³-hybridized carbons (Fsp3) is 0.333. The van der Waals surface area contributed by atoms with E-state index in [2.05, 4.69) is 37.6 Å². The molecule has 0 aliphatic rings. The third kappa shape index (κ3) is 2.43. The molecule has 4 nitrogen and oxygen atoms in total. The number of aryl methyl sites for hydroxylation is 2. The van der Waals surface area contributed by atoms with Gasteiger partial charge in [-0.3, -0.25) is 0 Å². The van der Waals surface area contributed by atoms with Crippen LogP contribution in [0.4, 0.5) is 0 Å². The molecule has 0 aliphatic heterocycles. The lowest BCUT2D eigenvalue weighted by Crippen LogP contribution is -2.21. The van der Waals surface area contributed by atoms with Crippen molar-refractivity contribution in [2.45, 2.75) is 13.0 Å². The lowest BCUT2D eigenvalue weighted by molar-refractivity contribution is 0.597. The summed E-state index contributed by atoms with van der Waals surface area (Å²) in [5, 5.41) is 12.1. The van der Waals surface area contributed by atoms with Crippen LogP contribution in [0.1, 0.15) is 22.9 Å². The van der Waals surface area contributed by atoms with Crippen LogP contribution in [0.2, 0.25) is 5.02 Å². The second-order valence-electron chi connectivity index (χ2n) is 4.12. The van der Waals surface area contributed by atoms with Crippen LogP contribution in [0.15, 0.2) is 22.8 Å². The molecule has 1 heterocycles. The fourth-order valence-electron chi connectivity index (χ4n) is 1.95. The van der Waals surface area contributed by atoms with Gasteiger partial charge in [-0.05, 0) is 47.1 Å². The Balaban J connectivity index is 2.48. The summed E-state index contributed by atoms with van der Waals surface area (Å²) in [5.41, 5.74) is 3.17. The van der Waals surface area contributed by atoms with Crippen molar-refractivity contribution >= 4 is 27.5 Å². The summed E-state index contributed by atoms with van der Waals surface area (Å²) in [7, 11) is 3.79. The normalized spacial score (nSPS) is 12.7. The first-order chi connectivity index (χ1) is 8.54. The molecule has 2 aromatic rings. The Morgan fingerprint density at radius 3 is 2.67 bits per heavy atom. The van der Waals surface area contributed by atoms with Crippen molar-refractivity contribution in [2.24, 2.45) is 7.05 Å². The summed E-state index contributed by atoms with van der Waals surface area (Å²) in [6.45, 7) is 2.00. The second-order valence-corrected chi connectivity index (χ2v) is 5.28. The van der Waals surface area contributed by atoms with Gasteiger partial charge in [-0.1, -0.05) is 28.9 Å². The number of hydrogen-bond donors (Lipinski definition) is 1. The molecule has 0 saturated heterocycles. The van der Waals surface area contributed by atoms with Crippen molar-refractivity contribution in [1.82, 2.24) is 20.3 Å². The summed E-state index contributed by atoms with van der Waals surface area (Å²) in [6, 6.07) is 6.02. The maximum absolute atomic E-state index is 6.06. The lowest BCUT2D eigenvalue weighted by Gasteiger charge is -2.17. The zero-order valence-electron chi connectivity index (χ0n) is 10.4. The van der Waals surface area contributed by atoms with Crippen molar-refractivity contribution in [3.63, 3.8) is 0 Å². The number of hydrogen-bond acceptors (Lipinski definition) is 3. The first-order valence-electron chi connectivity index (χ1n) is 5.53. The number of benzene rings is 1. The van der Waals surface area contributed by atoms with Crippen LogP contribution >= 0.6 is 27.5 Å². The molecule has 0 amide bonds. The third-order valence-electron chi connectivity index (χ3n) is 2.90. The van der Waals surface area contributed by atoms with Gasteiger partial charge in [0.2, 0.25) is 0 Å². The van der Waals surface area contributed by atoms with Gasteiger partial charge in [-0.25, -0.2) is 4.68 Å². The molecular weight excluding hydrogens is 316 g/mol. The molecule has 1 aromatic heterocycles. The Labute approximate surface area is 119 Å². The van der Waals surface area contributed by atoms with E-state index in [9.17, 15) is 0 Å². The second kappa shape index (κ2) is 5.38. The quantitative estimate of drug-likeness (QED) is 0.941. The average molecular weight is 330 g/mol. The number of halogens is 2. The van der Waals surface area contributed by atoms with Crippen LogP contribution in [-0.4, -0.2) is 22.0 Å². The SMILES string of the molecule is CNC(c1ccc(Cl)c(C)c1)c1c(Br)nnn1C. The maximum atomic E-state index is 6.06. The van der Waals surface area contributed by atoms with Gasteiger partial charge < -0.3 is 5.32 Å². The van der Waals surface area contributed by atoms with Gasteiger partial charge in [0.05, 0.1) is 11.7 Å². The summed E-state index contributed by atoms with van der Waals surface area (Å²) in [5.74, 6) is 0. The first-order valence-corrected chi connectivity index (χ1v) is 6.70. The molecular formula is C12H14BrClN4. The zero-order valence-corrected chi connectivity index (χ0v) is 12.7. The van der Waals surface area contributed by atoms with Gasteiger partial charge in [0.25, 0.3) is 0 Å². The smallest absolute Gasteiger partial charge is 0.153 e. The monoisotopic (exact) mass is 328 g/mol. The van der Waals surface area contributed by atoms with E-state index in [1.54, 1.807) is 4.68 Å². The van der Waals surface area contributed by atoms with Crippen LogP contribution in [0.25, 0.3) is 0 Å². The predicted molar refractivity (Wildman–Crippen MR) is 75.8 cm³/mol. The number of rotatable bonds is 3. The highest BCUT2D eigenvalue weighted by molar-refractivity contribution is 9.10. The number of nitrogens with one attached hydrogen (secondary N) is 1. The minimum absolute atomic E-state index is 0.0235. The van der Waals surface area contributed by atoms with Crippen LogP contribution in [0.3, 0.4) is 0 Å². The van der Waals surface area contributed by atoms with E-state index in [0.717, 1.165) is 26.4 Å². The van der Waals surface area contributed by atoms with Crippen molar-refractivity contribution in [2.75, 3.05) is 7.05 Å². The maximum Gasteiger partial charge on any atom is 0.153 e. The van der Waals surface area contributed by atoms with Gasteiger partial charge in [0, 0.05) is 12.1 Å². The van der Waals surface area contributed by atoms with Crippen LogP contribution in [-0.2, 0) is 7.05 Å². The minimum atomic E-state index is 0.0235. The van der Waals surface area contributed by atoms with Crippen LogP contribution in [0, 0.1) is 6.92 Å². The molecule has 6 heteroatoms. The van der Waals surface area contributed by atoms with Gasteiger partial charge in [0.15, 0.2) is 4.60 Å². The van der Waals surface area contributed by atoms with E-state index in [1.807, 2.05) is 33.2 Å². The fourth-order valence-corrected chi connectivity index (χ4v) is 2.63. The van der Waals surface area contributed by atoms with E-state index in [-0.39, 0.29) is 6.04 Å². The molecule has 2 rings (SSSR count). The lowest BCUT2D eigenvalue weighted by atomic mass is 10.0. The molecule has 1 N–H and O–H groups in total. The highest BCUT2D eigenvalue weighted by Crippen LogP contribution is 2.28. The van der Waals surface area contributed by atoms with Gasteiger partial charge in [0.1, 0.15) is 0 Å². The number of aromatic nitrogens is 3. The topological polar surface area (TPSA) is 42.7 Å². The highest BCUT2D eigenvalue weighted by atomic mass is 79.9. The standard InChI is InChI=1S/C12H14BrClN4/c1-7-6-8(4-5-9(7)14)10(15-2)11-12(13)16-17-18(11)3/h4-6,10,15H,1-3H3. The molecule has 0 radical (unpaired) electrons.